The fraction of sp³-hybridized carbons (Fsp3) is 0.0566. The molecular weight excluding hydrogens is 665 g/mol. The molecule has 0 atom stereocenters. The summed E-state index contributed by atoms with van der Waals surface area (Å²) < 4.78 is 2.56. The molecule has 0 amide bonds. The molecule has 0 spiro atoms. The molecule has 0 fully saturated rings. The predicted octanol–water partition coefficient (Wildman–Crippen LogP) is 14.6. The Kier molecular flexibility index (Phi) is 6.15. The van der Waals surface area contributed by atoms with Gasteiger partial charge < -0.3 is 9.30 Å². The number of hydrogen-bond donors (Lipinski definition) is 0. The summed E-state index contributed by atoms with van der Waals surface area (Å²) in [7, 11) is 0. The van der Waals surface area contributed by atoms with E-state index in [1.54, 1.807) is 0 Å². The van der Waals surface area contributed by atoms with Gasteiger partial charge in [-0.2, -0.15) is 0 Å². The van der Waals surface area contributed by atoms with Crippen molar-refractivity contribution in [3.05, 3.63) is 193 Å². The molecule has 2 aromatic heterocycles. The smallest absolute Gasteiger partial charge is 0.0782 e. The quantitative estimate of drug-likeness (QED) is 0.131. The Bertz CT molecular complexity index is 3340. The van der Waals surface area contributed by atoms with E-state index < -0.39 is 0 Å². The third-order valence-electron chi connectivity index (χ3n) is 12.5. The van der Waals surface area contributed by atoms with Crippen LogP contribution < -0.4 is 4.90 Å². The van der Waals surface area contributed by atoms with E-state index in [0.29, 0.717) is 0 Å². The molecule has 0 N–H and O–H groups in total. The molecule has 2 heteroatoms. The molecule has 0 saturated heterocycles. The van der Waals surface area contributed by atoms with Crippen molar-refractivity contribution in [1.29, 1.82) is 0 Å². The minimum Gasteiger partial charge on any atom is -0.308 e. The van der Waals surface area contributed by atoms with Gasteiger partial charge in [0.05, 0.1) is 27.9 Å². The van der Waals surface area contributed by atoms with Crippen molar-refractivity contribution in [3.63, 3.8) is 0 Å². The van der Waals surface area contributed by atoms with Gasteiger partial charge in [0.1, 0.15) is 0 Å². The van der Waals surface area contributed by atoms with E-state index in [2.05, 4.69) is 205 Å². The van der Waals surface area contributed by atoms with E-state index in [1.165, 1.54) is 98.7 Å². The van der Waals surface area contributed by atoms with Crippen LogP contribution in [0.4, 0.5) is 17.1 Å². The monoisotopic (exact) mass is 700 g/mol. The van der Waals surface area contributed by atoms with Crippen LogP contribution in [0.3, 0.4) is 0 Å². The van der Waals surface area contributed by atoms with E-state index in [9.17, 15) is 0 Å². The summed E-state index contributed by atoms with van der Waals surface area (Å²) in [5.74, 6) is 0. The molecule has 0 radical (unpaired) electrons. The van der Waals surface area contributed by atoms with Crippen LogP contribution in [-0.2, 0) is 5.41 Å². The molecule has 11 aromatic rings. The molecule has 0 aliphatic heterocycles. The highest BCUT2D eigenvalue weighted by Crippen LogP contribution is 2.55. The van der Waals surface area contributed by atoms with Crippen LogP contribution in [0.25, 0.3) is 81.9 Å². The summed E-state index contributed by atoms with van der Waals surface area (Å²) in [4.78, 5) is 2.54. The first-order valence-corrected chi connectivity index (χ1v) is 19.3. The highest BCUT2D eigenvalue weighted by atomic mass is 15.2. The number of anilines is 3. The molecular formula is C53H36N2. The van der Waals surface area contributed by atoms with E-state index in [0.717, 1.165) is 11.4 Å². The van der Waals surface area contributed by atoms with Gasteiger partial charge in [0.2, 0.25) is 0 Å². The lowest BCUT2D eigenvalue weighted by Gasteiger charge is -2.30. The van der Waals surface area contributed by atoms with Gasteiger partial charge in [-0.15, -0.1) is 0 Å². The maximum atomic E-state index is 2.56. The summed E-state index contributed by atoms with van der Waals surface area (Å²) in [5, 5.41) is 10.2. The van der Waals surface area contributed by atoms with Crippen LogP contribution in [0, 0.1) is 0 Å². The number of para-hydroxylation sites is 2. The number of aromatic nitrogens is 1. The zero-order valence-corrected chi connectivity index (χ0v) is 30.7. The first kappa shape index (κ1) is 30.6. The van der Waals surface area contributed by atoms with E-state index >= 15 is 0 Å². The Morgan fingerprint density at radius 3 is 1.95 bits per heavy atom. The van der Waals surface area contributed by atoms with Gasteiger partial charge in [-0.1, -0.05) is 166 Å². The lowest BCUT2D eigenvalue weighted by Crippen LogP contribution is -2.16. The standard InChI is InChI=1S/C53H36N2/c1-53(2)44-22-7-5-18-43(44)50-45(53)23-12-25-47(50)54(36-30-27-34(28-31-36)38-19-9-14-33-13-3-4-16-37(33)38)48-26-11-21-41-42-32-29-35-15-10-20-40-39-17-6-8-24-46(39)55(51(41)48)52(42)49(35)40/h3-32H,1-2H3. The largest absolute Gasteiger partial charge is 0.308 e. The highest BCUT2D eigenvalue weighted by molar-refractivity contribution is 6.29. The van der Waals surface area contributed by atoms with Crippen LogP contribution in [0.1, 0.15) is 25.0 Å². The Morgan fingerprint density at radius 1 is 0.418 bits per heavy atom. The number of benzene rings is 9. The van der Waals surface area contributed by atoms with Gasteiger partial charge >= 0.3 is 0 Å². The second-order valence-electron chi connectivity index (χ2n) is 15.7. The molecule has 55 heavy (non-hydrogen) atoms. The van der Waals surface area contributed by atoms with Gasteiger partial charge in [0.15, 0.2) is 0 Å². The van der Waals surface area contributed by atoms with Crippen LogP contribution in [0.15, 0.2) is 182 Å². The Balaban J connectivity index is 1.20. The zero-order chi connectivity index (χ0) is 36.4. The summed E-state index contributed by atoms with van der Waals surface area (Å²) in [6.07, 6.45) is 0. The van der Waals surface area contributed by atoms with Gasteiger partial charge in [-0.05, 0) is 79.7 Å². The van der Waals surface area contributed by atoms with Gasteiger partial charge in [-0.3, -0.25) is 0 Å². The number of pyridine rings is 1. The van der Waals surface area contributed by atoms with Gasteiger partial charge in [0, 0.05) is 38.2 Å². The summed E-state index contributed by atoms with van der Waals surface area (Å²) in [6, 6.07) is 67.7. The molecule has 9 aromatic carbocycles. The zero-order valence-electron chi connectivity index (χ0n) is 30.7. The lowest BCUT2D eigenvalue weighted by atomic mass is 9.82. The molecule has 2 nitrogen and oxygen atoms in total. The minimum atomic E-state index is -0.123. The van der Waals surface area contributed by atoms with Crippen LogP contribution in [0.2, 0.25) is 0 Å². The Morgan fingerprint density at radius 2 is 1.04 bits per heavy atom. The highest BCUT2D eigenvalue weighted by Gasteiger charge is 2.38. The average Bonchev–Trinajstić information content (AvgIpc) is 3.71. The predicted molar refractivity (Wildman–Crippen MR) is 234 cm³/mol. The molecule has 0 bridgehead atoms. The van der Waals surface area contributed by atoms with E-state index in [1.807, 2.05) is 0 Å². The van der Waals surface area contributed by atoms with Crippen molar-refractivity contribution in [2.45, 2.75) is 19.3 Å². The number of nitrogens with zero attached hydrogens (tertiary/aromatic N) is 2. The summed E-state index contributed by atoms with van der Waals surface area (Å²) in [5.41, 5.74) is 14.9. The summed E-state index contributed by atoms with van der Waals surface area (Å²) in [6.45, 7) is 4.74. The lowest BCUT2D eigenvalue weighted by molar-refractivity contribution is 0.660. The Labute approximate surface area is 319 Å². The minimum absolute atomic E-state index is 0.123. The third kappa shape index (κ3) is 4.09. The van der Waals surface area contributed by atoms with Crippen LogP contribution in [-0.4, -0.2) is 4.40 Å². The SMILES string of the molecule is CC1(C)c2ccccc2-c2c(N(c3ccc(-c4cccc5ccccc45)cc3)c3cccc4c5ccc6cccc7c8ccccc8n(c34)c5c67)cccc21. The molecule has 0 saturated carbocycles. The van der Waals surface area contributed by atoms with Crippen molar-refractivity contribution < 1.29 is 0 Å². The van der Waals surface area contributed by atoms with E-state index in [-0.39, 0.29) is 5.41 Å². The summed E-state index contributed by atoms with van der Waals surface area (Å²) >= 11 is 0. The molecule has 0 unspecified atom stereocenters. The van der Waals surface area contributed by atoms with Crippen LogP contribution in [0.5, 0.6) is 0 Å². The van der Waals surface area contributed by atoms with Crippen molar-refractivity contribution >= 4 is 76.7 Å². The maximum Gasteiger partial charge on any atom is 0.0782 e. The molecule has 1 aliphatic carbocycles. The van der Waals surface area contributed by atoms with Gasteiger partial charge in [0.25, 0.3) is 0 Å². The molecule has 2 heterocycles. The molecule has 258 valence electrons. The fourth-order valence-corrected chi connectivity index (χ4v) is 10.0. The molecule has 1 aliphatic rings. The van der Waals surface area contributed by atoms with Crippen LogP contribution >= 0.6 is 0 Å². The first-order chi connectivity index (χ1) is 27.1. The second-order valence-corrected chi connectivity index (χ2v) is 15.7. The maximum absolute atomic E-state index is 2.56. The van der Waals surface area contributed by atoms with Crippen molar-refractivity contribution in [2.75, 3.05) is 4.90 Å². The number of fused-ring (bicyclic) bond motifs is 10. The second kappa shape index (κ2) is 11.1. The first-order valence-electron chi connectivity index (χ1n) is 19.3. The third-order valence-corrected chi connectivity index (χ3v) is 12.5. The van der Waals surface area contributed by atoms with Gasteiger partial charge in [-0.25, -0.2) is 0 Å². The van der Waals surface area contributed by atoms with Crippen molar-refractivity contribution in [1.82, 2.24) is 4.40 Å². The molecule has 12 rings (SSSR count). The Hall–Kier alpha value is -6.90. The van der Waals surface area contributed by atoms with Crippen molar-refractivity contribution in [3.8, 4) is 22.3 Å². The van der Waals surface area contributed by atoms with Crippen molar-refractivity contribution in [2.24, 2.45) is 0 Å². The normalized spacial score (nSPS) is 13.4. The topological polar surface area (TPSA) is 7.65 Å². The number of hydrogen-bond acceptors (Lipinski definition) is 1. The number of rotatable bonds is 4. The average molecular weight is 701 g/mol. The van der Waals surface area contributed by atoms with E-state index in [4.69, 9.17) is 0 Å². The fourth-order valence-electron chi connectivity index (χ4n) is 10.0.